The normalized spacial score (nSPS) is 17.3. The van der Waals surface area contributed by atoms with Crippen LogP contribution in [-0.2, 0) is 17.1 Å². The average molecular weight is 377 g/mol. The maximum Gasteiger partial charge on any atom is 0.407 e. The standard InChI is InChI=1S/C15H15F4N3O2S/c1-22-8-11(10-3-6-20-13(16)7-10)12(9-22)25(23,24)21-14(4-2-5-14)15(17,18)19/h3,6-9,21H,2,4-5H2,1H3. The van der Waals surface area contributed by atoms with Gasteiger partial charge >= 0.3 is 6.18 Å². The summed E-state index contributed by atoms with van der Waals surface area (Å²) in [5, 5.41) is 0. The van der Waals surface area contributed by atoms with Crippen LogP contribution in [0.2, 0.25) is 0 Å². The summed E-state index contributed by atoms with van der Waals surface area (Å²) in [5.41, 5.74) is -2.13. The van der Waals surface area contributed by atoms with E-state index >= 15 is 0 Å². The highest BCUT2D eigenvalue weighted by Crippen LogP contribution is 2.46. The van der Waals surface area contributed by atoms with Crippen LogP contribution in [-0.4, -0.2) is 29.7 Å². The molecule has 0 radical (unpaired) electrons. The Morgan fingerprint density at radius 1 is 1.28 bits per heavy atom. The van der Waals surface area contributed by atoms with Gasteiger partial charge in [0, 0.05) is 37.3 Å². The van der Waals surface area contributed by atoms with Gasteiger partial charge in [0.05, 0.1) is 0 Å². The molecule has 0 atom stereocenters. The fourth-order valence-electron chi connectivity index (χ4n) is 2.85. The number of halogens is 4. The minimum Gasteiger partial charge on any atom is -0.355 e. The van der Waals surface area contributed by atoms with E-state index in [1.807, 2.05) is 4.72 Å². The molecule has 0 aliphatic heterocycles. The summed E-state index contributed by atoms with van der Waals surface area (Å²) in [6.45, 7) is 0. The lowest BCUT2D eigenvalue weighted by Gasteiger charge is -2.43. The molecule has 1 aliphatic rings. The maximum absolute atomic E-state index is 13.3. The summed E-state index contributed by atoms with van der Waals surface area (Å²) in [5.74, 6) is -0.816. The highest BCUT2D eigenvalue weighted by molar-refractivity contribution is 7.89. The van der Waals surface area contributed by atoms with Crippen molar-refractivity contribution < 1.29 is 26.0 Å². The Bertz CT molecular complexity index is 902. The van der Waals surface area contributed by atoms with Gasteiger partial charge < -0.3 is 4.57 Å². The third kappa shape index (κ3) is 3.15. The van der Waals surface area contributed by atoms with Crippen LogP contribution in [0.15, 0.2) is 35.6 Å². The van der Waals surface area contributed by atoms with Crippen molar-refractivity contribution in [3.8, 4) is 11.1 Å². The Kier molecular flexibility index (Phi) is 4.15. The van der Waals surface area contributed by atoms with E-state index in [4.69, 9.17) is 0 Å². The van der Waals surface area contributed by atoms with Gasteiger partial charge in [0.1, 0.15) is 10.4 Å². The van der Waals surface area contributed by atoms with E-state index in [2.05, 4.69) is 4.98 Å². The summed E-state index contributed by atoms with van der Waals surface area (Å²) < 4.78 is 81.7. The number of hydrogen-bond donors (Lipinski definition) is 1. The predicted molar refractivity (Wildman–Crippen MR) is 81.6 cm³/mol. The zero-order valence-electron chi connectivity index (χ0n) is 13.1. The first-order chi connectivity index (χ1) is 11.5. The minimum atomic E-state index is -4.68. The Hall–Kier alpha value is -1.94. The molecule has 10 heteroatoms. The number of nitrogens with zero attached hydrogens (tertiary/aromatic N) is 2. The Morgan fingerprint density at radius 3 is 2.48 bits per heavy atom. The second-order valence-corrected chi connectivity index (χ2v) is 7.76. The molecule has 5 nitrogen and oxygen atoms in total. The summed E-state index contributed by atoms with van der Waals surface area (Å²) >= 11 is 0. The highest BCUT2D eigenvalue weighted by atomic mass is 32.2. The van der Waals surface area contributed by atoms with Crippen molar-refractivity contribution in [3.05, 3.63) is 36.7 Å². The minimum absolute atomic E-state index is 0.105. The van der Waals surface area contributed by atoms with Crippen molar-refractivity contribution >= 4 is 10.0 Å². The molecule has 3 rings (SSSR count). The number of pyridine rings is 1. The number of aryl methyl sites for hydroxylation is 1. The van der Waals surface area contributed by atoms with Gasteiger partial charge in [-0.05, 0) is 30.9 Å². The number of alkyl halides is 3. The number of nitrogens with one attached hydrogen (secondary N) is 1. The second kappa shape index (κ2) is 5.80. The van der Waals surface area contributed by atoms with Crippen molar-refractivity contribution in [2.24, 2.45) is 7.05 Å². The molecular formula is C15H15F4N3O2S. The molecule has 0 amide bonds. The lowest BCUT2D eigenvalue weighted by atomic mass is 9.77. The highest BCUT2D eigenvalue weighted by Gasteiger charge is 2.60. The van der Waals surface area contributed by atoms with E-state index in [-0.39, 0.29) is 28.9 Å². The zero-order chi connectivity index (χ0) is 18.5. The second-order valence-electron chi connectivity index (χ2n) is 6.11. The molecule has 0 bridgehead atoms. The first-order valence-corrected chi connectivity index (χ1v) is 8.91. The van der Waals surface area contributed by atoms with E-state index in [0.29, 0.717) is 6.42 Å². The Labute approximate surface area is 141 Å². The first-order valence-electron chi connectivity index (χ1n) is 7.43. The van der Waals surface area contributed by atoms with Crippen LogP contribution in [0.1, 0.15) is 19.3 Å². The third-order valence-corrected chi connectivity index (χ3v) is 5.89. The van der Waals surface area contributed by atoms with Crippen LogP contribution in [0.3, 0.4) is 0 Å². The smallest absolute Gasteiger partial charge is 0.355 e. The number of sulfonamides is 1. The molecule has 2 aromatic rings. The monoisotopic (exact) mass is 377 g/mol. The van der Waals surface area contributed by atoms with Crippen LogP contribution in [0.25, 0.3) is 11.1 Å². The van der Waals surface area contributed by atoms with E-state index in [1.54, 1.807) is 0 Å². The molecular weight excluding hydrogens is 362 g/mol. The lowest BCUT2D eigenvalue weighted by Crippen LogP contribution is -2.62. The SMILES string of the molecule is Cn1cc(-c2ccnc(F)c2)c(S(=O)(=O)NC2(C(F)(F)F)CCC2)c1. The summed E-state index contributed by atoms with van der Waals surface area (Å²) in [4.78, 5) is 3.05. The van der Waals surface area contributed by atoms with Crippen LogP contribution in [0, 0.1) is 5.95 Å². The molecule has 0 spiro atoms. The van der Waals surface area contributed by atoms with Crippen LogP contribution < -0.4 is 4.72 Å². The van der Waals surface area contributed by atoms with E-state index in [9.17, 15) is 26.0 Å². The number of aromatic nitrogens is 2. The predicted octanol–water partition coefficient (Wildman–Crippen LogP) is 2.99. The average Bonchev–Trinajstić information content (AvgIpc) is 2.85. The molecule has 0 saturated heterocycles. The molecule has 2 heterocycles. The van der Waals surface area contributed by atoms with Gasteiger partial charge in [-0.15, -0.1) is 0 Å². The molecule has 0 unspecified atom stereocenters. The molecule has 136 valence electrons. The van der Waals surface area contributed by atoms with Gasteiger partial charge in [-0.3, -0.25) is 0 Å². The topological polar surface area (TPSA) is 64.0 Å². The van der Waals surface area contributed by atoms with Crippen LogP contribution >= 0.6 is 0 Å². The molecule has 2 aromatic heterocycles. The quantitative estimate of drug-likeness (QED) is 0.658. The molecule has 1 aliphatic carbocycles. The van der Waals surface area contributed by atoms with Crippen molar-refractivity contribution in [3.63, 3.8) is 0 Å². The Morgan fingerprint density at radius 2 is 1.96 bits per heavy atom. The lowest BCUT2D eigenvalue weighted by molar-refractivity contribution is -0.212. The van der Waals surface area contributed by atoms with Gasteiger partial charge in [-0.25, -0.2) is 13.4 Å². The molecule has 0 aromatic carbocycles. The maximum atomic E-state index is 13.3. The summed E-state index contributed by atoms with van der Waals surface area (Å²) in [6.07, 6.45) is -1.24. The zero-order valence-corrected chi connectivity index (χ0v) is 14.0. The van der Waals surface area contributed by atoms with Crippen molar-refractivity contribution in [1.29, 1.82) is 0 Å². The first kappa shape index (κ1) is 17.9. The van der Waals surface area contributed by atoms with E-state index in [1.165, 1.54) is 30.1 Å². The van der Waals surface area contributed by atoms with Crippen molar-refractivity contribution in [2.75, 3.05) is 0 Å². The largest absolute Gasteiger partial charge is 0.407 e. The molecule has 1 fully saturated rings. The van der Waals surface area contributed by atoms with Gasteiger partial charge in [-0.2, -0.15) is 22.3 Å². The van der Waals surface area contributed by atoms with Gasteiger partial charge in [-0.1, -0.05) is 0 Å². The van der Waals surface area contributed by atoms with Crippen LogP contribution in [0.5, 0.6) is 0 Å². The third-order valence-electron chi connectivity index (χ3n) is 4.33. The van der Waals surface area contributed by atoms with Crippen molar-refractivity contribution in [1.82, 2.24) is 14.3 Å². The Balaban J connectivity index is 2.04. The van der Waals surface area contributed by atoms with Gasteiger partial charge in [0.25, 0.3) is 0 Å². The number of hydrogen-bond acceptors (Lipinski definition) is 3. The van der Waals surface area contributed by atoms with E-state index < -0.39 is 27.7 Å². The van der Waals surface area contributed by atoms with Gasteiger partial charge in [0.15, 0.2) is 0 Å². The summed E-state index contributed by atoms with van der Waals surface area (Å²) in [6, 6.07) is 2.41. The van der Waals surface area contributed by atoms with Crippen LogP contribution in [0.4, 0.5) is 17.6 Å². The van der Waals surface area contributed by atoms with Gasteiger partial charge in [0.2, 0.25) is 16.0 Å². The fourth-order valence-corrected chi connectivity index (χ4v) is 4.56. The molecule has 1 saturated carbocycles. The number of rotatable bonds is 4. The van der Waals surface area contributed by atoms with E-state index in [0.717, 1.165) is 12.3 Å². The molecule has 25 heavy (non-hydrogen) atoms. The van der Waals surface area contributed by atoms with Crippen molar-refractivity contribution in [2.45, 2.75) is 35.9 Å². The molecule has 1 N–H and O–H groups in total. The fraction of sp³-hybridized carbons (Fsp3) is 0.400. The summed E-state index contributed by atoms with van der Waals surface area (Å²) in [7, 11) is -2.94.